The van der Waals surface area contributed by atoms with Crippen LogP contribution in [0.2, 0.25) is 0 Å². The van der Waals surface area contributed by atoms with E-state index in [2.05, 4.69) is 170 Å². The lowest BCUT2D eigenvalue weighted by Crippen LogP contribution is -2.26. The minimum atomic E-state index is -0.825. The minimum absolute atomic E-state index is 0.268. The SMILES string of the molecule is Fc1cc(-c2ccc3c(c2)C2(c4cc(-c5cccc6ccccc56)ccc4-3)c3cc(-c4cccc5ccccc45)ccc3-c3ccc(-c4cc(F)cc5ccccc45)cc32)c2ccccc2c1. The van der Waals surface area contributed by atoms with Crippen molar-refractivity contribution >= 4 is 43.1 Å². The van der Waals surface area contributed by atoms with E-state index in [0.29, 0.717) is 0 Å². The fourth-order valence-electron chi connectivity index (χ4n) is 11.9. The van der Waals surface area contributed by atoms with E-state index in [0.717, 1.165) is 88.3 Å². The first kappa shape index (κ1) is 37.9. The van der Waals surface area contributed by atoms with E-state index in [1.807, 2.05) is 36.4 Å². The van der Waals surface area contributed by atoms with Gasteiger partial charge in [0.2, 0.25) is 0 Å². The molecular weight excluding hydrogens is 819 g/mol. The van der Waals surface area contributed by atoms with Crippen LogP contribution in [-0.4, -0.2) is 0 Å². The molecule has 0 fully saturated rings. The largest absolute Gasteiger partial charge is 0.207 e. The van der Waals surface area contributed by atoms with E-state index < -0.39 is 5.41 Å². The van der Waals surface area contributed by atoms with E-state index in [4.69, 9.17) is 0 Å². The van der Waals surface area contributed by atoms with Crippen molar-refractivity contribution < 1.29 is 8.78 Å². The van der Waals surface area contributed by atoms with E-state index in [-0.39, 0.29) is 11.6 Å². The van der Waals surface area contributed by atoms with Gasteiger partial charge in [0.1, 0.15) is 11.6 Å². The van der Waals surface area contributed by atoms with Crippen LogP contribution in [0.1, 0.15) is 22.3 Å². The third-order valence-electron chi connectivity index (χ3n) is 14.8. The molecule has 0 atom stereocenters. The zero-order valence-corrected chi connectivity index (χ0v) is 36.2. The summed E-state index contributed by atoms with van der Waals surface area (Å²) < 4.78 is 31.4. The first-order valence-corrected chi connectivity index (χ1v) is 22.9. The second kappa shape index (κ2) is 14.3. The zero-order chi connectivity index (χ0) is 44.4. The van der Waals surface area contributed by atoms with Gasteiger partial charge in [-0.25, -0.2) is 8.78 Å². The second-order valence-corrected chi connectivity index (χ2v) is 18.2. The maximum absolute atomic E-state index is 15.7. The molecule has 12 aromatic rings. The van der Waals surface area contributed by atoms with Crippen LogP contribution in [0.15, 0.2) is 231 Å². The molecule has 0 saturated carbocycles. The first-order chi connectivity index (χ1) is 33.0. The van der Waals surface area contributed by atoms with Gasteiger partial charge < -0.3 is 0 Å². The Hall–Kier alpha value is -8.46. The summed E-state index contributed by atoms with van der Waals surface area (Å²) in [5.74, 6) is -0.537. The number of fused-ring (bicyclic) bond motifs is 14. The number of rotatable bonds is 4. The van der Waals surface area contributed by atoms with E-state index in [1.54, 1.807) is 24.3 Å². The molecule has 67 heavy (non-hydrogen) atoms. The lowest BCUT2D eigenvalue weighted by Gasteiger charge is -2.32. The van der Waals surface area contributed by atoms with Crippen LogP contribution in [-0.2, 0) is 5.41 Å². The van der Waals surface area contributed by atoms with Gasteiger partial charge in [-0.2, -0.15) is 0 Å². The lowest BCUT2D eigenvalue weighted by molar-refractivity contribution is 0.629. The Labute approximate surface area is 386 Å². The molecule has 0 unspecified atom stereocenters. The molecule has 2 heteroatoms. The second-order valence-electron chi connectivity index (χ2n) is 18.2. The summed E-state index contributed by atoms with van der Waals surface area (Å²) >= 11 is 0. The minimum Gasteiger partial charge on any atom is -0.207 e. The Morgan fingerprint density at radius 3 is 0.896 bits per heavy atom. The summed E-state index contributed by atoms with van der Waals surface area (Å²) in [6.07, 6.45) is 0. The van der Waals surface area contributed by atoms with Crippen molar-refractivity contribution in [3.05, 3.63) is 264 Å². The fourth-order valence-corrected chi connectivity index (χ4v) is 11.9. The lowest BCUT2D eigenvalue weighted by atomic mass is 9.69. The third-order valence-corrected chi connectivity index (χ3v) is 14.8. The molecule has 12 aromatic carbocycles. The van der Waals surface area contributed by atoms with Crippen molar-refractivity contribution in [1.82, 2.24) is 0 Å². The van der Waals surface area contributed by atoms with Crippen molar-refractivity contribution in [1.29, 1.82) is 0 Å². The highest BCUT2D eigenvalue weighted by molar-refractivity contribution is 6.05. The summed E-state index contributed by atoms with van der Waals surface area (Å²) in [6, 6.07) is 80.6. The molecule has 0 bridgehead atoms. The van der Waals surface area contributed by atoms with Crippen LogP contribution in [0, 0.1) is 11.6 Å². The van der Waals surface area contributed by atoms with Crippen LogP contribution in [0.25, 0.3) is 110 Å². The van der Waals surface area contributed by atoms with Gasteiger partial charge >= 0.3 is 0 Å². The smallest absolute Gasteiger partial charge is 0.124 e. The Kier molecular flexibility index (Phi) is 8.06. The molecule has 0 amide bonds. The summed E-state index contributed by atoms with van der Waals surface area (Å²) in [4.78, 5) is 0. The first-order valence-electron chi connectivity index (χ1n) is 22.9. The Morgan fingerprint density at radius 1 is 0.224 bits per heavy atom. The summed E-state index contributed by atoms with van der Waals surface area (Å²) in [6.45, 7) is 0. The van der Waals surface area contributed by atoms with Gasteiger partial charge in [0.15, 0.2) is 0 Å². The van der Waals surface area contributed by atoms with Crippen molar-refractivity contribution in [3.8, 4) is 66.8 Å². The van der Waals surface area contributed by atoms with Crippen LogP contribution in [0.5, 0.6) is 0 Å². The highest BCUT2D eigenvalue weighted by Gasteiger charge is 2.52. The molecule has 0 aliphatic heterocycles. The van der Waals surface area contributed by atoms with Crippen LogP contribution in [0.4, 0.5) is 8.78 Å². The van der Waals surface area contributed by atoms with Crippen molar-refractivity contribution in [2.24, 2.45) is 0 Å². The van der Waals surface area contributed by atoms with E-state index >= 15 is 8.78 Å². The summed E-state index contributed by atoms with van der Waals surface area (Å²) in [7, 11) is 0. The van der Waals surface area contributed by atoms with Gasteiger partial charge in [-0.05, 0) is 181 Å². The Bertz CT molecular complexity index is 3800. The standard InChI is InChI=1S/C65H38F2/c66-47-31-41-13-3-7-19-53(41)59(37-47)45-25-29-57-55-27-23-43(51-21-9-15-39-11-1-5-17-49(39)51)33-61(55)65(63(57)35-45)62-34-44(52-22-10-16-40-12-2-6-18-50(40)52)24-28-56(62)58-30-26-46(36-64(58)65)60-38-48(67)32-42-14-4-8-20-54(42)60/h1-38H. The third kappa shape index (κ3) is 5.51. The molecule has 2 aliphatic carbocycles. The van der Waals surface area contributed by atoms with Crippen LogP contribution in [0.3, 0.4) is 0 Å². The molecule has 0 saturated heterocycles. The Morgan fingerprint density at radius 2 is 0.522 bits per heavy atom. The highest BCUT2D eigenvalue weighted by Crippen LogP contribution is 2.64. The van der Waals surface area contributed by atoms with Gasteiger partial charge in [-0.15, -0.1) is 0 Å². The molecule has 2 aliphatic rings. The molecule has 0 radical (unpaired) electrons. The molecule has 0 nitrogen and oxygen atoms in total. The maximum Gasteiger partial charge on any atom is 0.124 e. The average Bonchev–Trinajstić information content (AvgIpc) is 3.83. The van der Waals surface area contributed by atoms with Gasteiger partial charge in [-0.1, -0.05) is 182 Å². The number of benzene rings is 12. The zero-order valence-electron chi connectivity index (χ0n) is 36.2. The summed E-state index contributed by atoms with van der Waals surface area (Å²) in [5, 5.41) is 8.48. The molecular formula is C65H38F2. The monoisotopic (exact) mass is 856 g/mol. The fraction of sp³-hybridized carbons (Fsp3) is 0.0154. The quantitative estimate of drug-likeness (QED) is 0.165. The predicted octanol–water partition coefficient (Wildman–Crippen LogP) is 17.6. The molecule has 0 heterocycles. The van der Waals surface area contributed by atoms with Crippen molar-refractivity contribution in [3.63, 3.8) is 0 Å². The van der Waals surface area contributed by atoms with Crippen molar-refractivity contribution in [2.75, 3.05) is 0 Å². The number of hydrogen-bond donors (Lipinski definition) is 0. The predicted molar refractivity (Wildman–Crippen MR) is 274 cm³/mol. The molecule has 312 valence electrons. The summed E-state index contributed by atoms with van der Waals surface area (Å²) in [5.41, 5.74) is 16.6. The van der Waals surface area contributed by atoms with Gasteiger partial charge in [0.05, 0.1) is 5.41 Å². The highest BCUT2D eigenvalue weighted by atomic mass is 19.1. The van der Waals surface area contributed by atoms with Crippen molar-refractivity contribution in [2.45, 2.75) is 5.41 Å². The molecule has 1 spiro atoms. The Balaban J connectivity index is 1.12. The topological polar surface area (TPSA) is 0 Å². The van der Waals surface area contributed by atoms with Crippen LogP contribution < -0.4 is 0 Å². The van der Waals surface area contributed by atoms with E-state index in [1.165, 1.54) is 43.8 Å². The van der Waals surface area contributed by atoms with Gasteiger partial charge in [-0.3, -0.25) is 0 Å². The van der Waals surface area contributed by atoms with Crippen LogP contribution >= 0.6 is 0 Å². The molecule has 0 aromatic heterocycles. The number of hydrogen-bond acceptors (Lipinski definition) is 0. The average molecular weight is 857 g/mol. The normalized spacial score (nSPS) is 13.0. The number of halogens is 2. The molecule has 14 rings (SSSR count). The maximum atomic E-state index is 15.7. The van der Waals surface area contributed by atoms with Gasteiger partial charge in [0, 0.05) is 0 Å². The van der Waals surface area contributed by atoms with E-state index in [9.17, 15) is 0 Å². The molecule has 0 N–H and O–H groups in total. The van der Waals surface area contributed by atoms with Gasteiger partial charge in [0.25, 0.3) is 0 Å².